The average molecular weight is 246 g/mol. The van der Waals surface area contributed by atoms with Crippen molar-refractivity contribution in [3.63, 3.8) is 0 Å². The first-order valence-electron chi connectivity index (χ1n) is 6.96. The second-order valence-electron chi connectivity index (χ2n) is 5.66. The Morgan fingerprint density at radius 3 is 2.67 bits per heavy atom. The molecule has 1 aliphatic carbocycles. The van der Waals surface area contributed by atoms with Gasteiger partial charge in [-0.25, -0.2) is 0 Å². The molecule has 1 heterocycles. The van der Waals surface area contributed by atoms with Gasteiger partial charge in [-0.1, -0.05) is 24.3 Å². The minimum atomic E-state index is 0.0967. The Bertz CT molecular complexity index is 409. The molecule has 1 saturated carbocycles. The molecule has 0 bridgehead atoms. The van der Waals surface area contributed by atoms with E-state index < -0.39 is 0 Å². The summed E-state index contributed by atoms with van der Waals surface area (Å²) in [5, 5.41) is 12.9. The Hall–Kier alpha value is -0.900. The molecule has 0 radical (unpaired) electrons. The van der Waals surface area contributed by atoms with E-state index in [2.05, 4.69) is 34.5 Å². The highest BCUT2D eigenvalue weighted by molar-refractivity contribution is 5.34. The van der Waals surface area contributed by atoms with Crippen molar-refractivity contribution < 1.29 is 5.11 Å². The van der Waals surface area contributed by atoms with E-state index >= 15 is 0 Å². The minimum absolute atomic E-state index is 0.0967. The fourth-order valence-corrected chi connectivity index (χ4v) is 2.82. The first kappa shape index (κ1) is 12.2. The summed E-state index contributed by atoms with van der Waals surface area (Å²) in [4.78, 5) is 2.49. The van der Waals surface area contributed by atoms with Crippen LogP contribution in [0.5, 0.6) is 0 Å². The molecule has 1 aromatic carbocycles. The molecule has 1 saturated heterocycles. The van der Waals surface area contributed by atoms with Crippen molar-refractivity contribution in [2.45, 2.75) is 24.8 Å². The molecule has 98 valence electrons. The van der Waals surface area contributed by atoms with Crippen molar-refractivity contribution in [1.82, 2.24) is 10.2 Å². The summed E-state index contributed by atoms with van der Waals surface area (Å²) < 4.78 is 0. The summed E-state index contributed by atoms with van der Waals surface area (Å²) in [6.45, 7) is 5.80. The normalized spacial score (nSPS) is 22.9. The van der Waals surface area contributed by atoms with E-state index in [9.17, 15) is 5.11 Å². The largest absolute Gasteiger partial charge is 0.395 e. The highest BCUT2D eigenvalue weighted by Crippen LogP contribution is 2.47. The Kier molecular flexibility index (Phi) is 3.37. The number of benzene rings is 1. The third kappa shape index (κ3) is 2.44. The number of aliphatic hydroxyl groups is 1. The van der Waals surface area contributed by atoms with Crippen LogP contribution in [0, 0.1) is 0 Å². The first-order valence-corrected chi connectivity index (χ1v) is 6.96. The van der Waals surface area contributed by atoms with Gasteiger partial charge in [0.15, 0.2) is 0 Å². The van der Waals surface area contributed by atoms with Crippen LogP contribution in [0.1, 0.15) is 24.0 Å². The van der Waals surface area contributed by atoms with Crippen LogP contribution < -0.4 is 5.32 Å². The quantitative estimate of drug-likeness (QED) is 0.835. The topological polar surface area (TPSA) is 35.5 Å². The third-order valence-corrected chi connectivity index (χ3v) is 4.31. The van der Waals surface area contributed by atoms with Gasteiger partial charge in [0.05, 0.1) is 6.61 Å². The molecule has 0 aromatic heterocycles. The number of nitrogens with one attached hydrogen (secondary N) is 1. The second-order valence-corrected chi connectivity index (χ2v) is 5.66. The van der Waals surface area contributed by atoms with Gasteiger partial charge in [-0.2, -0.15) is 0 Å². The number of aliphatic hydroxyl groups excluding tert-OH is 1. The summed E-state index contributed by atoms with van der Waals surface area (Å²) >= 11 is 0. The molecule has 18 heavy (non-hydrogen) atoms. The lowest BCUT2D eigenvalue weighted by Gasteiger charge is -2.27. The number of piperazine rings is 1. The zero-order valence-corrected chi connectivity index (χ0v) is 10.9. The summed E-state index contributed by atoms with van der Waals surface area (Å²) in [6, 6.07) is 8.82. The molecule has 3 nitrogen and oxygen atoms in total. The predicted octanol–water partition coefficient (Wildman–Crippen LogP) is 1.12. The van der Waals surface area contributed by atoms with Gasteiger partial charge in [0.25, 0.3) is 0 Å². The molecule has 1 aromatic rings. The third-order valence-electron chi connectivity index (χ3n) is 4.31. The van der Waals surface area contributed by atoms with E-state index in [0.29, 0.717) is 6.61 Å². The van der Waals surface area contributed by atoms with Gasteiger partial charge in [-0.05, 0) is 24.0 Å². The van der Waals surface area contributed by atoms with Crippen molar-refractivity contribution in [2.75, 3.05) is 32.8 Å². The van der Waals surface area contributed by atoms with E-state index in [-0.39, 0.29) is 5.41 Å². The average Bonchev–Trinajstić information content (AvgIpc) is 3.21. The van der Waals surface area contributed by atoms with Crippen LogP contribution in [0.25, 0.3) is 0 Å². The maximum Gasteiger partial charge on any atom is 0.0527 e. The van der Waals surface area contributed by atoms with Crippen LogP contribution in [-0.2, 0) is 12.0 Å². The molecule has 0 unspecified atom stereocenters. The van der Waals surface area contributed by atoms with Crippen LogP contribution in [0.2, 0.25) is 0 Å². The lowest BCUT2D eigenvalue weighted by atomic mass is 9.95. The standard InChI is InChI=1S/C15H22N2O/c18-12-15(4-5-15)14-3-1-2-13(10-14)11-17-8-6-16-7-9-17/h1-3,10,16,18H,4-9,11-12H2. The molecule has 2 fully saturated rings. The van der Waals surface area contributed by atoms with Gasteiger partial charge in [0, 0.05) is 38.1 Å². The summed E-state index contributed by atoms with van der Waals surface area (Å²) in [5.74, 6) is 0. The SMILES string of the molecule is OCC1(c2cccc(CN3CCNCC3)c2)CC1. The van der Waals surface area contributed by atoms with Gasteiger partial charge < -0.3 is 10.4 Å². The predicted molar refractivity (Wildman–Crippen MR) is 72.6 cm³/mol. The van der Waals surface area contributed by atoms with Crippen LogP contribution in [0.3, 0.4) is 0 Å². The molecule has 0 spiro atoms. The number of hydrogen-bond acceptors (Lipinski definition) is 3. The summed E-state index contributed by atoms with van der Waals surface area (Å²) in [5.41, 5.74) is 2.81. The summed E-state index contributed by atoms with van der Waals surface area (Å²) in [7, 11) is 0. The monoisotopic (exact) mass is 246 g/mol. The van der Waals surface area contributed by atoms with Gasteiger partial charge >= 0.3 is 0 Å². The zero-order chi connectivity index (χ0) is 12.4. The van der Waals surface area contributed by atoms with E-state index in [1.165, 1.54) is 11.1 Å². The Balaban J connectivity index is 1.70. The Labute approximate surface area is 109 Å². The molecule has 2 N–H and O–H groups in total. The van der Waals surface area contributed by atoms with Crippen LogP contribution >= 0.6 is 0 Å². The molecule has 0 amide bonds. The van der Waals surface area contributed by atoms with Gasteiger partial charge in [0.1, 0.15) is 0 Å². The second kappa shape index (κ2) is 5.00. The highest BCUT2D eigenvalue weighted by Gasteiger charge is 2.43. The fraction of sp³-hybridized carbons (Fsp3) is 0.600. The molecule has 3 rings (SSSR count). The molecular weight excluding hydrogens is 224 g/mol. The zero-order valence-electron chi connectivity index (χ0n) is 10.9. The van der Waals surface area contributed by atoms with E-state index in [4.69, 9.17) is 0 Å². The Morgan fingerprint density at radius 1 is 1.22 bits per heavy atom. The van der Waals surface area contributed by atoms with E-state index in [1.807, 2.05) is 0 Å². The van der Waals surface area contributed by atoms with Crippen LogP contribution in [0.15, 0.2) is 24.3 Å². The van der Waals surface area contributed by atoms with Crippen LogP contribution in [-0.4, -0.2) is 42.8 Å². The van der Waals surface area contributed by atoms with Gasteiger partial charge in [0.2, 0.25) is 0 Å². The maximum atomic E-state index is 9.50. The van der Waals surface area contributed by atoms with Crippen molar-refractivity contribution in [1.29, 1.82) is 0 Å². The molecule has 3 heteroatoms. The van der Waals surface area contributed by atoms with Crippen LogP contribution in [0.4, 0.5) is 0 Å². The van der Waals surface area contributed by atoms with Gasteiger partial charge in [-0.3, -0.25) is 4.90 Å². The number of rotatable bonds is 4. The minimum Gasteiger partial charge on any atom is -0.395 e. The molecule has 1 aliphatic heterocycles. The van der Waals surface area contributed by atoms with Crippen molar-refractivity contribution in [2.24, 2.45) is 0 Å². The molecule has 0 atom stereocenters. The number of nitrogens with zero attached hydrogens (tertiary/aromatic N) is 1. The van der Waals surface area contributed by atoms with Crippen molar-refractivity contribution >= 4 is 0 Å². The van der Waals surface area contributed by atoms with E-state index in [0.717, 1.165) is 45.6 Å². The van der Waals surface area contributed by atoms with Gasteiger partial charge in [-0.15, -0.1) is 0 Å². The van der Waals surface area contributed by atoms with Crippen molar-refractivity contribution in [3.05, 3.63) is 35.4 Å². The maximum absolute atomic E-state index is 9.50. The first-order chi connectivity index (χ1) is 8.82. The van der Waals surface area contributed by atoms with Crippen molar-refractivity contribution in [3.8, 4) is 0 Å². The smallest absolute Gasteiger partial charge is 0.0527 e. The Morgan fingerprint density at radius 2 is 2.00 bits per heavy atom. The highest BCUT2D eigenvalue weighted by atomic mass is 16.3. The van der Waals surface area contributed by atoms with E-state index in [1.54, 1.807) is 0 Å². The number of hydrogen-bond donors (Lipinski definition) is 2. The fourth-order valence-electron chi connectivity index (χ4n) is 2.82. The lowest BCUT2D eigenvalue weighted by Crippen LogP contribution is -2.42. The summed E-state index contributed by atoms with van der Waals surface area (Å²) in [6.07, 6.45) is 2.28. The molecular formula is C15H22N2O. The molecule has 2 aliphatic rings. The lowest BCUT2D eigenvalue weighted by molar-refractivity contribution is 0.232.